The summed E-state index contributed by atoms with van der Waals surface area (Å²) in [5.74, 6) is -0.408. The van der Waals surface area contributed by atoms with E-state index in [0.29, 0.717) is 16.3 Å². The van der Waals surface area contributed by atoms with Crippen LogP contribution < -0.4 is 5.73 Å². The Labute approximate surface area is 198 Å². The number of methoxy groups -OCH3 is 1. The fraction of sp³-hybridized carbons (Fsp3) is 0.143. The van der Waals surface area contributed by atoms with Crippen LogP contribution in [-0.2, 0) is 17.6 Å². The van der Waals surface area contributed by atoms with Gasteiger partial charge in [-0.25, -0.2) is 9.78 Å². The summed E-state index contributed by atoms with van der Waals surface area (Å²) in [4.78, 5) is 16.6. The number of aryl methyl sites for hydroxylation is 2. The summed E-state index contributed by atoms with van der Waals surface area (Å²) in [5, 5.41) is 1.74. The Morgan fingerprint density at radius 3 is 2.58 bits per heavy atom. The highest BCUT2D eigenvalue weighted by atomic mass is 35.5. The van der Waals surface area contributed by atoms with E-state index in [1.165, 1.54) is 12.7 Å². The van der Waals surface area contributed by atoms with Gasteiger partial charge in [-0.15, -0.1) is 0 Å². The zero-order valence-corrected chi connectivity index (χ0v) is 19.2. The lowest BCUT2D eigenvalue weighted by atomic mass is 9.97. The minimum Gasteiger partial charge on any atom is -0.465 e. The Hall–Kier alpha value is -3.63. The smallest absolute Gasteiger partial charge is 0.339 e. The van der Waals surface area contributed by atoms with E-state index in [1.54, 1.807) is 6.07 Å². The number of fused-ring (bicyclic) bond motifs is 1. The molecular weight excluding hydrogens is 432 g/mol. The Balaban J connectivity index is 1.47. The molecule has 0 unspecified atom stereocenters. The number of rotatable bonds is 7. The molecule has 0 fully saturated rings. The Kier molecular flexibility index (Phi) is 7.06. The maximum Gasteiger partial charge on any atom is 0.339 e. The van der Waals surface area contributed by atoms with Gasteiger partial charge in [0, 0.05) is 16.1 Å². The number of nitrogens with zero attached hydrogens (tertiary/aromatic N) is 1. The van der Waals surface area contributed by atoms with Crippen LogP contribution in [0.4, 0.5) is 5.69 Å². The van der Waals surface area contributed by atoms with Gasteiger partial charge in [0.2, 0.25) is 0 Å². The van der Waals surface area contributed by atoms with Crippen molar-refractivity contribution in [3.8, 4) is 0 Å². The molecule has 2 N–H and O–H groups in total. The maximum atomic E-state index is 11.9. The lowest BCUT2D eigenvalue weighted by molar-refractivity contribution is 0.0602. The Morgan fingerprint density at radius 2 is 1.73 bits per heavy atom. The van der Waals surface area contributed by atoms with Crippen LogP contribution in [0, 0.1) is 0 Å². The van der Waals surface area contributed by atoms with E-state index >= 15 is 0 Å². The summed E-state index contributed by atoms with van der Waals surface area (Å²) in [5.41, 5.74) is 12.3. The minimum atomic E-state index is -0.408. The van der Waals surface area contributed by atoms with Crippen molar-refractivity contribution < 1.29 is 9.53 Å². The van der Waals surface area contributed by atoms with E-state index in [9.17, 15) is 4.79 Å². The molecule has 4 nitrogen and oxygen atoms in total. The number of esters is 1. The first-order valence-corrected chi connectivity index (χ1v) is 11.2. The molecule has 0 spiro atoms. The summed E-state index contributed by atoms with van der Waals surface area (Å²) in [6, 6.07) is 23.6. The van der Waals surface area contributed by atoms with Crippen molar-refractivity contribution in [2.75, 3.05) is 12.8 Å². The summed E-state index contributed by atoms with van der Waals surface area (Å²) in [6.07, 6.45) is 6.70. The zero-order chi connectivity index (χ0) is 23.2. The lowest BCUT2D eigenvalue weighted by Gasteiger charge is -2.10. The van der Waals surface area contributed by atoms with Gasteiger partial charge < -0.3 is 10.5 Å². The number of para-hydroxylation sites is 1. The third-order valence-corrected chi connectivity index (χ3v) is 5.89. The number of nitrogens with two attached hydrogens (primary N) is 1. The fourth-order valence-corrected chi connectivity index (χ4v) is 4.05. The minimum absolute atomic E-state index is 0.408. The fourth-order valence-electron chi connectivity index (χ4n) is 3.89. The first-order valence-electron chi connectivity index (χ1n) is 10.8. The summed E-state index contributed by atoms with van der Waals surface area (Å²) < 4.78 is 4.82. The number of carbonyl (C=O) groups is 1. The predicted octanol–water partition coefficient (Wildman–Crippen LogP) is 6.60. The van der Waals surface area contributed by atoms with Crippen LogP contribution >= 0.6 is 11.6 Å². The van der Waals surface area contributed by atoms with E-state index < -0.39 is 5.97 Å². The number of ether oxygens (including phenoxy) is 1. The van der Waals surface area contributed by atoms with Crippen molar-refractivity contribution in [3.63, 3.8) is 0 Å². The number of hydrogen-bond acceptors (Lipinski definition) is 4. The van der Waals surface area contributed by atoms with Gasteiger partial charge in [0.05, 0.1) is 23.9 Å². The van der Waals surface area contributed by atoms with Crippen molar-refractivity contribution in [1.82, 2.24) is 4.98 Å². The monoisotopic (exact) mass is 456 g/mol. The molecule has 166 valence electrons. The predicted molar refractivity (Wildman–Crippen MR) is 136 cm³/mol. The van der Waals surface area contributed by atoms with E-state index in [2.05, 4.69) is 30.3 Å². The normalized spacial score (nSPS) is 11.2. The molecule has 0 aliphatic carbocycles. The van der Waals surface area contributed by atoms with Crippen molar-refractivity contribution >= 4 is 46.3 Å². The number of pyridine rings is 1. The highest BCUT2D eigenvalue weighted by Gasteiger charge is 2.12. The number of aromatic nitrogens is 1. The standard InChI is InChI=1S/C28H25ClN2O2/c1-33-28(32)25-11-5-10-22(27(25)30)9-4-8-19-6-2-3-7-20(19)13-16-24-17-14-21-12-15-23(29)18-26(21)31-24/h2-3,5-7,10-18H,4,8-9,30H2,1H3/b16-13+. The van der Waals surface area contributed by atoms with E-state index in [0.717, 1.165) is 47.0 Å². The highest BCUT2D eigenvalue weighted by Crippen LogP contribution is 2.23. The van der Waals surface area contributed by atoms with Gasteiger partial charge in [-0.3, -0.25) is 0 Å². The van der Waals surface area contributed by atoms with Crippen LogP contribution in [0.3, 0.4) is 0 Å². The molecule has 0 bridgehead atoms. The van der Waals surface area contributed by atoms with Crippen molar-refractivity contribution in [3.05, 3.63) is 106 Å². The first-order chi connectivity index (χ1) is 16.0. The van der Waals surface area contributed by atoms with E-state index in [4.69, 9.17) is 27.1 Å². The molecule has 1 aromatic heterocycles. The molecule has 0 saturated heterocycles. The van der Waals surface area contributed by atoms with Crippen LogP contribution in [-0.4, -0.2) is 18.1 Å². The quantitative estimate of drug-likeness (QED) is 0.251. The van der Waals surface area contributed by atoms with Gasteiger partial charge >= 0.3 is 5.97 Å². The Morgan fingerprint density at radius 1 is 0.970 bits per heavy atom. The average molecular weight is 457 g/mol. The zero-order valence-electron chi connectivity index (χ0n) is 18.4. The first kappa shape index (κ1) is 22.6. The Bertz CT molecular complexity index is 1330. The van der Waals surface area contributed by atoms with Crippen molar-refractivity contribution in [1.29, 1.82) is 0 Å². The van der Waals surface area contributed by atoms with E-state index in [-0.39, 0.29) is 0 Å². The number of carbonyl (C=O) groups excluding carboxylic acids is 1. The SMILES string of the molecule is COC(=O)c1cccc(CCCc2ccccc2/C=C/c2ccc3ccc(Cl)cc3n2)c1N. The molecule has 4 rings (SSSR count). The molecule has 0 atom stereocenters. The lowest BCUT2D eigenvalue weighted by Crippen LogP contribution is -2.08. The molecule has 5 heteroatoms. The van der Waals surface area contributed by atoms with Crippen molar-refractivity contribution in [2.24, 2.45) is 0 Å². The summed E-state index contributed by atoms with van der Waals surface area (Å²) >= 11 is 6.11. The molecule has 4 aromatic rings. The summed E-state index contributed by atoms with van der Waals surface area (Å²) in [6.45, 7) is 0. The number of benzene rings is 3. The second-order valence-corrected chi connectivity index (χ2v) is 8.27. The number of halogens is 1. The molecule has 0 amide bonds. The van der Waals surface area contributed by atoms with Gasteiger partial charge in [-0.2, -0.15) is 0 Å². The van der Waals surface area contributed by atoms with Gasteiger partial charge in [-0.1, -0.05) is 66.2 Å². The van der Waals surface area contributed by atoms with Gasteiger partial charge in [0.1, 0.15) is 0 Å². The van der Waals surface area contributed by atoms with Crippen molar-refractivity contribution in [2.45, 2.75) is 19.3 Å². The van der Waals surface area contributed by atoms with Gasteiger partial charge in [0.25, 0.3) is 0 Å². The topological polar surface area (TPSA) is 65.2 Å². The molecular formula is C28H25ClN2O2. The summed E-state index contributed by atoms with van der Waals surface area (Å²) in [7, 11) is 1.36. The molecule has 3 aromatic carbocycles. The molecule has 0 radical (unpaired) electrons. The molecule has 1 heterocycles. The molecule has 0 aliphatic rings. The van der Waals surface area contributed by atoms with Crippen LogP contribution in [0.15, 0.2) is 72.8 Å². The van der Waals surface area contributed by atoms with Crippen LogP contribution in [0.1, 0.15) is 39.2 Å². The second-order valence-electron chi connectivity index (χ2n) is 7.83. The number of anilines is 1. The van der Waals surface area contributed by atoms with Crippen LogP contribution in [0.5, 0.6) is 0 Å². The maximum absolute atomic E-state index is 11.9. The molecule has 0 saturated carbocycles. The molecule has 0 aliphatic heterocycles. The van der Waals surface area contributed by atoms with Gasteiger partial charge in [-0.05, 0) is 66.3 Å². The number of hydrogen-bond donors (Lipinski definition) is 1. The second kappa shape index (κ2) is 10.3. The van der Waals surface area contributed by atoms with Crippen LogP contribution in [0.2, 0.25) is 5.02 Å². The third-order valence-electron chi connectivity index (χ3n) is 5.66. The molecule has 33 heavy (non-hydrogen) atoms. The van der Waals surface area contributed by atoms with Crippen LogP contribution in [0.25, 0.3) is 23.1 Å². The highest BCUT2D eigenvalue weighted by molar-refractivity contribution is 6.31. The largest absolute Gasteiger partial charge is 0.465 e. The average Bonchev–Trinajstić information content (AvgIpc) is 2.83. The number of nitrogen functional groups attached to an aromatic ring is 1. The third kappa shape index (κ3) is 5.41. The van der Waals surface area contributed by atoms with Gasteiger partial charge in [0.15, 0.2) is 0 Å². The van der Waals surface area contributed by atoms with E-state index in [1.807, 2.05) is 48.5 Å².